The first-order chi connectivity index (χ1) is 8.15. The van der Waals surface area contributed by atoms with Crippen molar-refractivity contribution in [2.75, 3.05) is 5.32 Å². The van der Waals surface area contributed by atoms with Crippen molar-refractivity contribution in [1.82, 2.24) is 20.4 Å². The summed E-state index contributed by atoms with van der Waals surface area (Å²) in [6.45, 7) is 0. The van der Waals surface area contributed by atoms with Crippen molar-refractivity contribution < 1.29 is 14.7 Å². The number of anilines is 1. The van der Waals surface area contributed by atoms with Crippen LogP contribution in [0.3, 0.4) is 0 Å². The molecule has 0 unspecified atom stereocenters. The molecule has 4 N–H and O–H groups in total. The molecule has 2 aromatic rings. The fourth-order valence-electron chi connectivity index (χ4n) is 1.24. The Labute approximate surface area is 95.0 Å². The molecular formula is C9H9N5O3. The number of carboxylic acid groups (broad SMARTS) is 1. The van der Waals surface area contributed by atoms with Gasteiger partial charge in [0.05, 0.1) is 6.42 Å². The number of carbonyl (C=O) groups excluding carboxylic acids is 1. The molecule has 0 spiro atoms. The van der Waals surface area contributed by atoms with E-state index >= 15 is 0 Å². The highest BCUT2D eigenvalue weighted by Crippen LogP contribution is 2.06. The van der Waals surface area contributed by atoms with Gasteiger partial charge in [0.25, 0.3) is 0 Å². The molecule has 2 heterocycles. The number of carboxylic acids is 1. The minimum atomic E-state index is -1.13. The highest BCUT2D eigenvalue weighted by atomic mass is 16.4. The Morgan fingerprint density at radius 3 is 2.82 bits per heavy atom. The molecule has 8 nitrogen and oxygen atoms in total. The van der Waals surface area contributed by atoms with E-state index in [9.17, 15) is 9.59 Å². The first-order valence-electron chi connectivity index (χ1n) is 4.72. The molecule has 8 heteroatoms. The Bertz CT molecular complexity index is 531. The standard InChI is InChI=1S/C9H9N5O3/c15-8(3-5-1-2-10-12-5)11-7-4-6(9(16)17)13-14-7/h1-2,4H,3H2,(H,10,12)(H,16,17)(H2,11,13,14,15). The molecule has 1 amide bonds. The van der Waals surface area contributed by atoms with Gasteiger partial charge in [-0.25, -0.2) is 4.79 Å². The molecule has 88 valence electrons. The van der Waals surface area contributed by atoms with Gasteiger partial charge in [0.15, 0.2) is 5.82 Å². The molecule has 0 saturated carbocycles. The predicted octanol–water partition coefficient (Wildman–Crippen LogP) is 0.0122. The Morgan fingerprint density at radius 1 is 1.41 bits per heavy atom. The lowest BCUT2D eigenvalue weighted by atomic mass is 10.3. The lowest BCUT2D eigenvalue weighted by Gasteiger charge is -1.98. The van der Waals surface area contributed by atoms with Crippen molar-refractivity contribution in [1.29, 1.82) is 0 Å². The van der Waals surface area contributed by atoms with Gasteiger partial charge in [-0.15, -0.1) is 0 Å². The van der Waals surface area contributed by atoms with E-state index in [0.29, 0.717) is 5.69 Å². The summed E-state index contributed by atoms with van der Waals surface area (Å²) >= 11 is 0. The van der Waals surface area contributed by atoms with Gasteiger partial charge >= 0.3 is 5.97 Å². The second-order valence-electron chi connectivity index (χ2n) is 3.28. The molecule has 0 saturated heterocycles. The quantitative estimate of drug-likeness (QED) is 0.594. The number of nitrogens with zero attached hydrogens (tertiary/aromatic N) is 2. The molecule has 0 radical (unpaired) electrons. The third-order valence-corrected chi connectivity index (χ3v) is 1.99. The zero-order chi connectivity index (χ0) is 12.3. The smallest absolute Gasteiger partial charge is 0.353 e. The van der Waals surface area contributed by atoms with Crippen molar-refractivity contribution in [2.24, 2.45) is 0 Å². The van der Waals surface area contributed by atoms with Gasteiger partial charge in [0, 0.05) is 18.0 Å². The molecule has 0 fully saturated rings. The number of hydrogen-bond acceptors (Lipinski definition) is 4. The van der Waals surface area contributed by atoms with Crippen LogP contribution in [0.15, 0.2) is 18.3 Å². The molecule has 0 aliphatic carbocycles. The van der Waals surface area contributed by atoms with Crippen molar-refractivity contribution in [2.45, 2.75) is 6.42 Å². The van der Waals surface area contributed by atoms with Crippen LogP contribution in [0.5, 0.6) is 0 Å². The predicted molar refractivity (Wildman–Crippen MR) is 56.5 cm³/mol. The zero-order valence-corrected chi connectivity index (χ0v) is 8.60. The molecule has 0 aromatic carbocycles. The van der Waals surface area contributed by atoms with Crippen LogP contribution < -0.4 is 5.32 Å². The number of H-pyrrole nitrogens is 2. The molecule has 17 heavy (non-hydrogen) atoms. The van der Waals surface area contributed by atoms with Crippen LogP contribution >= 0.6 is 0 Å². The summed E-state index contributed by atoms with van der Waals surface area (Å²) in [5, 5.41) is 23.4. The number of amides is 1. The summed E-state index contributed by atoms with van der Waals surface area (Å²) < 4.78 is 0. The maximum Gasteiger partial charge on any atom is 0.353 e. The highest BCUT2D eigenvalue weighted by Gasteiger charge is 2.10. The van der Waals surface area contributed by atoms with Crippen LogP contribution in [0.25, 0.3) is 0 Å². The van der Waals surface area contributed by atoms with E-state index in [-0.39, 0.29) is 23.8 Å². The fraction of sp³-hybridized carbons (Fsp3) is 0.111. The molecule has 2 aromatic heterocycles. The van der Waals surface area contributed by atoms with E-state index in [4.69, 9.17) is 5.11 Å². The summed E-state index contributed by atoms with van der Waals surface area (Å²) in [6, 6.07) is 2.92. The van der Waals surface area contributed by atoms with Gasteiger partial charge in [-0.05, 0) is 6.07 Å². The maximum absolute atomic E-state index is 11.5. The Hall–Kier alpha value is -2.64. The summed E-state index contributed by atoms with van der Waals surface area (Å²) in [5.41, 5.74) is 0.582. The van der Waals surface area contributed by atoms with Gasteiger partial charge in [-0.2, -0.15) is 10.2 Å². The molecule has 0 aliphatic rings. The van der Waals surface area contributed by atoms with E-state index in [1.165, 1.54) is 6.07 Å². The van der Waals surface area contributed by atoms with Crippen molar-refractivity contribution >= 4 is 17.7 Å². The third-order valence-electron chi connectivity index (χ3n) is 1.99. The van der Waals surface area contributed by atoms with Crippen LogP contribution in [0.4, 0.5) is 5.82 Å². The first kappa shape index (κ1) is 10.9. The van der Waals surface area contributed by atoms with E-state index in [0.717, 1.165) is 0 Å². The molecule has 0 aliphatic heterocycles. The van der Waals surface area contributed by atoms with Crippen LogP contribution in [0.1, 0.15) is 16.2 Å². The normalized spacial score (nSPS) is 10.1. The average molecular weight is 235 g/mol. The van der Waals surface area contributed by atoms with Gasteiger partial charge in [0.2, 0.25) is 5.91 Å². The summed E-state index contributed by atoms with van der Waals surface area (Å²) in [5.74, 6) is -1.27. The fourth-order valence-corrected chi connectivity index (χ4v) is 1.24. The van der Waals surface area contributed by atoms with Crippen molar-refractivity contribution in [3.05, 3.63) is 29.7 Å². The van der Waals surface area contributed by atoms with Crippen molar-refractivity contribution in [3.8, 4) is 0 Å². The number of aromatic amines is 2. The number of hydrogen-bond donors (Lipinski definition) is 4. The minimum Gasteiger partial charge on any atom is -0.477 e. The monoisotopic (exact) mass is 235 g/mol. The van der Waals surface area contributed by atoms with Crippen LogP contribution in [-0.2, 0) is 11.2 Å². The van der Waals surface area contributed by atoms with E-state index < -0.39 is 5.97 Å². The van der Waals surface area contributed by atoms with Gasteiger partial charge in [0.1, 0.15) is 5.69 Å². The lowest BCUT2D eigenvalue weighted by molar-refractivity contribution is -0.115. The number of carbonyl (C=O) groups is 2. The third kappa shape index (κ3) is 2.68. The topological polar surface area (TPSA) is 124 Å². The van der Waals surface area contributed by atoms with E-state index in [1.807, 2.05) is 0 Å². The largest absolute Gasteiger partial charge is 0.477 e. The highest BCUT2D eigenvalue weighted by molar-refractivity contribution is 5.93. The van der Waals surface area contributed by atoms with Crippen LogP contribution in [-0.4, -0.2) is 37.4 Å². The van der Waals surface area contributed by atoms with Crippen molar-refractivity contribution in [3.63, 3.8) is 0 Å². The summed E-state index contributed by atoms with van der Waals surface area (Å²) in [7, 11) is 0. The number of nitrogens with one attached hydrogen (secondary N) is 3. The lowest BCUT2D eigenvalue weighted by Crippen LogP contribution is -2.14. The molecule has 0 atom stereocenters. The van der Waals surface area contributed by atoms with E-state index in [1.54, 1.807) is 12.3 Å². The van der Waals surface area contributed by atoms with Gasteiger partial charge < -0.3 is 10.4 Å². The van der Waals surface area contributed by atoms with Gasteiger partial charge in [-0.1, -0.05) is 0 Å². The minimum absolute atomic E-state index is 0.0816. The average Bonchev–Trinajstić information content (AvgIpc) is 2.88. The van der Waals surface area contributed by atoms with Crippen LogP contribution in [0.2, 0.25) is 0 Å². The Morgan fingerprint density at radius 2 is 2.24 bits per heavy atom. The van der Waals surface area contributed by atoms with Gasteiger partial charge in [-0.3, -0.25) is 15.0 Å². The Kier molecular flexibility index (Phi) is 2.86. The number of aromatic nitrogens is 4. The summed E-state index contributed by atoms with van der Waals surface area (Å²) in [4.78, 5) is 22.1. The molecule has 2 rings (SSSR count). The first-order valence-corrected chi connectivity index (χ1v) is 4.72. The number of rotatable bonds is 4. The molecule has 0 bridgehead atoms. The number of aromatic carboxylic acids is 1. The summed E-state index contributed by atoms with van der Waals surface area (Å²) in [6.07, 6.45) is 1.66. The van der Waals surface area contributed by atoms with E-state index in [2.05, 4.69) is 25.7 Å². The second-order valence-corrected chi connectivity index (χ2v) is 3.28. The maximum atomic E-state index is 11.5. The molecular weight excluding hydrogens is 226 g/mol. The van der Waals surface area contributed by atoms with Crippen LogP contribution in [0, 0.1) is 0 Å². The SMILES string of the molecule is O=C(Cc1ccn[nH]1)Nc1cc(C(=O)O)[nH]n1. The Balaban J connectivity index is 1.96. The zero-order valence-electron chi connectivity index (χ0n) is 8.60. The second kappa shape index (κ2) is 4.47.